The summed E-state index contributed by atoms with van der Waals surface area (Å²) in [4.78, 5) is 19.5. The molecule has 1 aromatic carbocycles. The Hall–Kier alpha value is -1.75. The highest BCUT2D eigenvalue weighted by Crippen LogP contribution is 2.29. The first kappa shape index (κ1) is 20.2. The molecule has 5 heteroatoms. The summed E-state index contributed by atoms with van der Waals surface area (Å²) >= 11 is 0. The zero-order valence-electron chi connectivity index (χ0n) is 18.4. The van der Waals surface area contributed by atoms with Crippen molar-refractivity contribution in [3.8, 4) is 5.75 Å². The molecule has 30 heavy (non-hydrogen) atoms. The van der Waals surface area contributed by atoms with Crippen LogP contribution in [0.15, 0.2) is 18.2 Å². The van der Waals surface area contributed by atoms with E-state index in [0.717, 1.165) is 70.1 Å². The zero-order chi connectivity index (χ0) is 20.3. The second-order valence-electron chi connectivity index (χ2n) is 9.69. The van der Waals surface area contributed by atoms with Crippen LogP contribution in [0.1, 0.15) is 62.5 Å². The van der Waals surface area contributed by atoms with E-state index in [4.69, 9.17) is 4.74 Å². The van der Waals surface area contributed by atoms with E-state index in [1.54, 1.807) is 0 Å². The highest BCUT2D eigenvalue weighted by molar-refractivity contribution is 5.74. The highest BCUT2D eigenvalue weighted by Gasteiger charge is 2.29. The molecule has 3 aliphatic heterocycles. The number of likely N-dealkylation sites (tertiary alicyclic amines) is 2. The van der Waals surface area contributed by atoms with Crippen LogP contribution in [0, 0.1) is 0 Å². The largest absolute Gasteiger partial charge is 0.490 e. The smallest absolute Gasteiger partial charge is 0.320 e. The van der Waals surface area contributed by atoms with Gasteiger partial charge in [-0.05, 0) is 68.2 Å². The van der Waals surface area contributed by atoms with Gasteiger partial charge in [0.25, 0.3) is 0 Å². The number of carbonyl (C=O) groups excluding carboxylic acids is 1. The first-order valence-electron chi connectivity index (χ1n) is 12.3. The van der Waals surface area contributed by atoms with Crippen LogP contribution in [-0.2, 0) is 12.8 Å². The molecule has 3 heterocycles. The number of urea groups is 1. The SMILES string of the molecule is O=C(N1CCCCC1)N1CCC(Oc2ccc3c(c2)CCN(C2CCC2)CC3)CC1. The lowest BCUT2D eigenvalue weighted by Crippen LogP contribution is -2.49. The normalized spacial score (nSPS) is 24.1. The third-order valence-electron chi connectivity index (χ3n) is 7.75. The van der Waals surface area contributed by atoms with Gasteiger partial charge in [0.2, 0.25) is 0 Å². The van der Waals surface area contributed by atoms with Crippen molar-refractivity contribution in [3.05, 3.63) is 29.3 Å². The molecule has 1 aromatic rings. The second-order valence-corrected chi connectivity index (χ2v) is 9.69. The minimum absolute atomic E-state index is 0.228. The molecule has 1 aliphatic carbocycles. The van der Waals surface area contributed by atoms with Gasteiger partial charge in [-0.2, -0.15) is 0 Å². The Morgan fingerprint density at radius 3 is 2.17 bits per heavy atom. The van der Waals surface area contributed by atoms with E-state index in [0.29, 0.717) is 0 Å². The van der Waals surface area contributed by atoms with E-state index in [2.05, 4.69) is 23.1 Å². The Labute approximate surface area is 181 Å². The summed E-state index contributed by atoms with van der Waals surface area (Å²) < 4.78 is 6.38. The van der Waals surface area contributed by atoms with Gasteiger partial charge in [-0.1, -0.05) is 12.5 Å². The molecule has 2 amide bonds. The molecule has 5 rings (SSSR count). The molecule has 164 valence electrons. The van der Waals surface area contributed by atoms with Crippen LogP contribution >= 0.6 is 0 Å². The van der Waals surface area contributed by atoms with Crippen LogP contribution in [0.3, 0.4) is 0 Å². The van der Waals surface area contributed by atoms with Crippen molar-refractivity contribution in [1.82, 2.24) is 14.7 Å². The van der Waals surface area contributed by atoms with Crippen LogP contribution in [0.25, 0.3) is 0 Å². The van der Waals surface area contributed by atoms with Gasteiger partial charge in [-0.25, -0.2) is 4.79 Å². The van der Waals surface area contributed by atoms with Crippen molar-refractivity contribution in [2.75, 3.05) is 39.3 Å². The predicted octanol–water partition coefficient (Wildman–Crippen LogP) is 4.09. The maximum absolute atomic E-state index is 12.7. The Morgan fingerprint density at radius 2 is 1.47 bits per heavy atom. The molecular weight excluding hydrogens is 374 g/mol. The third-order valence-corrected chi connectivity index (χ3v) is 7.75. The molecule has 0 N–H and O–H groups in total. The number of piperidine rings is 2. The van der Waals surface area contributed by atoms with Gasteiger partial charge >= 0.3 is 6.03 Å². The molecule has 1 saturated carbocycles. The van der Waals surface area contributed by atoms with Crippen molar-refractivity contribution >= 4 is 6.03 Å². The Bertz CT molecular complexity index is 734. The van der Waals surface area contributed by atoms with Crippen LogP contribution in [0.4, 0.5) is 4.79 Å². The third kappa shape index (κ3) is 4.46. The molecule has 3 fully saturated rings. The lowest BCUT2D eigenvalue weighted by molar-refractivity contribution is 0.0913. The summed E-state index contributed by atoms with van der Waals surface area (Å²) in [5.74, 6) is 1.02. The number of benzene rings is 1. The highest BCUT2D eigenvalue weighted by atomic mass is 16.5. The number of carbonyl (C=O) groups is 1. The summed E-state index contributed by atoms with van der Waals surface area (Å²) in [6.07, 6.45) is 12.2. The summed E-state index contributed by atoms with van der Waals surface area (Å²) in [6.45, 7) is 5.91. The maximum Gasteiger partial charge on any atom is 0.320 e. The van der Waals surface area contributed by atoms with E-state index in [9.17, 15) is 4.79 Å². The summed E-state index contributed by atoms with van der Waals surface area (Å²) in [5.41, 5.74) is 2.98. The van der Waals surface area contributed by atoms with Crippen LogP contribution in [-0.4, -0.2) is 72.1 Å². The van der Waals surface area contributed by atoms with Gasteiger partial charge in [-0.15, -0.1) is 0 Å². The molecule has 0 radical (unpaired) electrons. The molecule has 5 nitrogen and oxygen atoms in total. The lowest BCUT2D eigenvalue weighted by Gasteiger charge is -2.37. The minimum Gasteiger partial charge on any atom is -0.490 e. The van der Waals surface area contributed by atoms with Gasteiger partial charge in [0, 0.05) is 58.2 Å². The number of nitrogens with zero attached hydrogens (tertiary/aromatic N) is 3. The van der Waals surface area contributed by atoms with E-state index in [1.165, 1.54) is 56.3 Å². The van der Waals surface area contributed by atoms with E-state index >= 15 is 0 Å². The van der Waals surface area contributed by atoms with Crippen molar-refractivity contribution in [3.63, 3.8) is 0 Å². The molecule has 0 spiro atoms. The van der Waals surface area contributed by atoms with Gasteiger partial charge in [0.05, 0.1) is 0 Å². The molecule has 0 bridgehead atoms. The number of fused-ring (bicyclic) bond motifs is 1. The Kier molecular flexibility index (Phi) is 6.17. The number of ether oxygens (including phenoxy) is 1. The van der Waals surface area contributed by atoms with Gasteiger partial charge < -0.3 is 14.5 Å². The molecule has 0 unspecified atom stereocenters. The number of hydrogen-bond donors (Lipinski definition) is 0. The standard InChI is InChI=1S/C25H37N3O2/c29-25(27-13-2-1-3-14-27)28-17-11-23(12-18-28)30-24-8-7-20-9-15-26(22-5-4-6-22)16-10-21(20)19-24/h7-8,19,22-23H,1-6,9-18H2. The fraction of sp³-hybridized carbons (Fsp3) is 0.720. The average molecular weight is 412 g/mol. The second kappa shape index (κ2) is 9.17. The Balaban J connectivity index is 1.13. The topological polar surface area (TPSA) is 36.0 Å². The molecule has 0 atom stereocenters. The number of hydrogen-bond acceptors (Lipinski definition) is 3. The summed E-state index contributed by atoms with van der Waals surface area (Å²) in [5, 5.41) is 0. The fourth-order valence-corrected chi connectivity index (χ4v) is 5.55. The number of rotatable bonds is 3. The van der Waals surface area contributed by atoms with Gasteiger partial charge in [-0.3, -0.25) is 4.90 Å². The van der Waals surface area contributed by atoms with Gasteiger partial charge in [0.15, 0.2) is 0 Å². The van der Waals surface area contributed by atoms with Crippen molar-refractivity contribution in [2.45, 2.75) is 76.4 Å². The zero-order valence-corrected chi connectivity index (χ0v) is 18.4. The van der Waals surface area contributed by atoms with Crippen molar-refractivity contribution in [1.29, 1.82) is 0 Å². The molecule has 0 aromatic heterocycles. The molecule has 2 saturated heterocycles. The lowest BCUT2D eigenvalue weighted by atomic mass is 9.91. The van der Waals surface area contributed by atoms with E-state index in [1.807, 2.05) is 9.80 Å². The minimum atomic E-state index is 0.228. The summed E-state index contributed by atoms with van der Waals surface area (Å²) in [7, 11) is 0. The van der Waals surface area contributed by atoms with Crippen molar-refractivity contribution < 1.29 is 9.53 Å². The Morgan fingerprint density at radius 1 is 0.767 bits per heavy atom. The summed E-state index contributed by atoms with van der Waals surface area (Å²) in [6, 6.07) is 7.85. The van der Waals surface area contributed by atoms with Gasteiger partial charge in [0.1, 0.15) is 11.9 Å². The van der Waals surface area contributed by atoms with Crippen LogP contribution in [0.2, 0.25) is 0 Å². The first-order valence-corrected chi connectivity index (χ1v) is 12.3. The molecular formula is C25H37N3O2. The molecule has 4 aliphatic rings. The average Bonchev–Trinajstić information content (AvgIpc) is 2.96. The monoisotopic (exact) mass is 411 g/mol. The number of amides is 2. The van der Waals surface area contributed by atoms with Crippen LogP contribution < -0.4 is 4.74 Å². The van der Waals surface area contributed by atoms with E-state index < -0.39 is 0 Å². The maximum atomic E-state index is 12.7. The predicted molar refractivity (Wildman–Crippen MR) is 119 cm³/mol. The van der Waals surface area contributed by atoms with E-state index in [-0.39, 0.29) is 12.1 Å². The first-order chi connectivity index (χ1) is 14.8. The fourth-order valence-electron chi connectivity index (χ4n) is 5.55. The van der Waals surface area contributed by atoms with Crippen molar-refractivity contribution in [2.24, 2.45) is 0 Å². The van der Waals surface area contributed by atoms with Crippen LogP contribution in [0.5, 0.6) is 5.75 Å². The quantitative estimate of drug-likeness (QED) is 0.752.